The predicted octanol–water partition coefficient (Wildman–Crippen LogP) is 2.51. The summed E-state index contributed by atoms with van der Waals surface area (Å²) in [6, 6.07) is 4.13. The Hall–Kier alpha value is -1.11. The molecule has 0 saturated heterocycles. The van der Waals surface area contributed by atoms with Crippen LogP contribution in [0.4, 0.5) is 0 Å². The maximum absolute atomic E-state index is 11.8. The van der Waals surface area contributed by atoms with E-state index in [0.29, 0.717) is 18.8 Å². The first-order valence-corrected chi connectivity index (χ1v) is 8.46. The van der Waals surface area contributed by atoms with Gasteiger partial charge in [0.2, 0.25) is 0 Å². The van der Waals surface area contributed by atoms with Gasteiger partial charge in [-0.25, -0.2) is 13.2 Å². The molecule has 0 aliphatic heterocycles. The highest BCUT2D eigenvalue weighted by molar-refractivity contribution is 8.13. The Morgan fingerprint density at radius 3 is 2.50 bits per heavy atom. The topological polar surface area (TPSA) is 69.7 Å². The molecule has 0 N–H and O–H groups in total. The van der Waals surface area contributed by atoms with Crippen LogP contribution < -0.4 is 0 Å². The van der Waals surface area contributed by atoms with Gasteiger partial charge >= 0.3 is 5.97 Å². The second kappa shape index (κ2) is 7.61. The van der Waals surface area contributed by atoms with Crippen molar-refractivity contribution in [2.24, 2.45) is 0 Å². The highest BCUT2D eigenvalue weighted by atomic mass is 35.7. The molecule has 20 heavy (non-hydrogen) atoms. The third-order valence-electron chi connectivity index (χ3n) is 2.38. The number of carbonyl (C=O) groups excluding carboxylic acids is 1. The lowest BCUT2D eigenvalue weighted by Crippen LogP contribution is -2.12. The lowest BCUT2D eigenvalue weighted by molar-refractivity contribution is 0.0318. The van der Waals surface area contributed by atoms with Crippen molar-refractivity contribution in [3.05, 3.63) is 29.3 Å². The van der Waals surface area contributed by atoms with Crippen molar-refractivity contribution in [3.63, 3.8) is 0 Å². The Bertz CT molecular complexity index is 568. The van der Waals surface area contributed by atoms with Crippen molar-refractivity contribution in [3.8, 4) is 0 Å². The highest BCUT2D eigenvalue weighted by Crippen LogP contribution is 2.19. The minimum Gasteiger partial charge on any atom is -0.460 e. The van der Waals surface area contributed by atoms with Crippen molar-refractivity contribution in [1.29, 1.82) is 0 Å². The molecule has 5 nitrogen and oxygen atoms in total. The van der Waals surface area contributed by atoms with Crippen LogP contribution in [0.2, 0.25) is 0 Å². The molecular formula is C13H17ClO5S. The first-order chi connectivity index (χ1) is 9.34. The molecule has 0 aliphatic rings. The Morgan fingerprint density at radius 1 is 1.20 bits per heavy atom. The molecule has 112 valence electrons. The summed E-state index contributed by atoms with van der Waals surface area (Å²) in [6.07, 6.45) is 0.892. The van der Waals surface area contributed by atoms with Crippen LogP contribution in [0.15, 0.2) is 23.1 Å². The smallest absolute Gasteiger partial charge is 0.338 e. The number of hydrogen-bond acceptors (Lipinski definition) is 5. The number of hydrogen-bond donors (Lipinski definition) is 0. The molecule has 1 aromatic carbocycles. The van der Waals surface area contributed by atoms with Gasteiger partial charge in [0.15, 0.2) is 0 Å². The number of aryl methyl sites for hydroxylation is 1. The lowest BCUT2D eigenvalue weighted by Gasteiger charge is -2.07. The molecule has 0 fully saturated rings. The lowest BCUT2D eigenvalue weighted by atomic mass is 10.1. The normalized spacial score (nSPS) is 11.3. The van der Waals surface area contributed by atoms with Gasteiger partial charge in [-0.05, 0) is 37.1 Å². The molecule has 0 aromatic heterocycles. The van der Waals surface area contributed by atoms with Gasteiger partial charge in [0.1, 0.15) is 6.61 Å². The van der Waals surface area contributed by atoms with Gasteiger partial charge < -0.3 is 9.47 Å². The summed E-state index contributed by atoms with van der Waals surface area (Å²) in [5.74, 6) is -0.602. The third kappa shape index (κ3) is 5.48. The minimum atomic E-state index is -3.87. The molecule has 0 bridgehead atoms. The van der Waals surface area contributed by atoms with Crippen LogP contribution >= 0.6 is 10.7 Å². The number of halogens is 1. The molecule has 0 saturated carbocycles. The van der Waals surface area contributed by atoms with Gasteiger partial charge in [-0.15, -0.1) is 0 Å². The van der Waals surface area contributed by atoms with Gasteiger partial charge in [-0.1, -0.05) is 6.92 Å². The molecule has 1 rings (SSSR count). The van der Waals surface area contributed by atoms with E-state index in [4.69, 9.17) is 20.2 Å². The number of benzene rings is 1. The fraction of sp³-hybridized carbons (Fsp3) is 0.462. The average Bonchev–Trinajstić information content (AvgIpc) is 2.36. The summed E-state index contributed by atoms with van der Waals surface area (Å²) in [4.78, 5) is 11.7. The number of rotatable bonds is 7. The van der Waals surface area contributed by atoms with Crippen LogP contribution in [0.25, 0.3) is 0 Å². The van der Waals surface area contributed by atoms with E-state index >= 15 is 0 Å². The van der Waals surface area contributed by atoms with Gasteiger partial charge in [0, 0.05) is 17.3 Å². The van der Waals surface area contributed by atoms with Crippen molar-refractivity contribution in [2.45, 2.75) is 25.2 Å². The minimum absolute atomic E-state index is 0.117. The van der Waals surface area contributed by atoms with E-state index in [1.54, 1.807) is 13.0 Å². The number of carbonyl (C=O) groups is 1. The molecule has 0 radical (unpaired) electrons. The molecule has 0 spiro atoms. The van der Waals surface area contributed by atoms with E-state index in [1.165, 1.54) is 12.1 Å². The number of esters is 1. The Balaban J connectivity index is 2.71. The molecule has 7 heteroatoms. The summed E-state index contributed by atoms with van der Waals surface area (Å²) in [5, 5.41) is 0. The monoisotopic (exact) mass is 320 g/mol. The second-order valence-corrected chi connectivity index (χ2v) is 6.79. The summed E-state index contributed by atoms with van der Waals surface area (Å²) < 4.78 is 32.7. The zero-order valence-electron chi connectivity index (χ0n) is 11.4. The van der Waals surface area contributed by atoms with Crippen LogP contribution in [-0.4, -0.2) is 34.2 Å². The zero-order chi connectivity index (χ0) is 15.2. The van der Waals surface area contributed by atoms with E-state index in [-0.39, 0.29) is 17.1 Å². The van der Waals surface area contributed by atoms with Crippen LogP contribution in [0.1, 0.15) is 29.3 Å². The quantitative estimate of drug-likeness (QED) is 0.438. The second-order valence-electron chi connectivity index (χ2n) is 4.22. The van der Waals surface area contributed by atoms with Crippen molar-refractivity contribution in [2.75, 3.05) is 19.8 Å². The van der Waals surface area contributed by atoms with E-state index in [1.807, 2.05) is 6.92 Å². The fourth-order valence-corrected chi connectivity index (χ4v) is 2.39. The summed E-state index contributed by atoms with van der Waals surface area (Å²) in [5.41, 5.74) is 0.764. The van der Waals surface area contributed by atoms with Crippen molar-refractivity contribution >= 4 is 25.7 Å². The highest BCUT2D eigenvalue weighted by Gasteiger charge is 2.15. The first-order valence-electron chi connectivity index (χ1n) is 6.16. The first kappa shape index (κ1) is 16.9. The fourth-order valence-electron chi connectivity index (χ4n) is 1.53. The third-order valence-corrected chi connectivity index (χ3v) is 3.71. The molecule has 0 atom stereocenters. The number of ether oxygens (including phenoxy) is 2. The van der Waals surface area contributed by atoms with Crippen LogP contribution in [0.3, 0.4) is 0 Å². The van der Waals surface area contributed by atoms with E-state index < -0.39 is 15.0 Å². The maximum atomic E-state index is 11.8. The molecule has 0 heterocycles. The van der Waals surface area contributed by atoms with Gasteiger partial charge in [-0.2, -0.15) is 0 Å². The van der Waals surface area contributed by atoms with E-state index in [0.717, 1.165) is 6.42 Å². The van der Waals surface area contributed by atoms with Gasteiger partial charge in [0.05, 0.1) is 17.1 Å². The maximum Gasteiger partial charge on any atom is 0.338 e. The van der Waals surface area contributed by atoms with Gasteiger partial charge in [-0.3, -0.25) is 0 Å². The average molecular weight is 321 g/mol. The van der Waals surface area contributed by atoms with E-state index in [9.17, 15) is 13.2 Å². The predicted molar refractivity (Wildman–Crippen MR) is 75.6 cm³/mol. The van der Waals surface area contributed by atoms with Crippen LogP contribution in [-0.2, 0) is 18.5 Å². The molecule has 0 unspecified atom stereocenters. The molecular weight excluding hydrogens is 304 g/mol. The Morgan fingerprint density at radius 2 is 1.90 bits per heavy atom. The zero-order valence-corrected chi connectivity index (χ0v) is 13.0. The van der Waals surface area contributed by atoms with Crippen molar-refractivity contribution in [1.82, 2.24) is 0 Å². The Labute approximate surface area is 123 Å². The summed E-state index contributed by atoms with van der Waals surface area (Å²) in [6.45, 7) is 4.69. The molecule has 0 amide bonds. The molecule has 0 aliphatic carbocycles. The van der Waals surface area contributed by atoms with E-state index in [2.05, 4.69) is 0 Å². The van der Waals surface area contributed by atoms with Crippen LogP contribution in [0.5, 0.6) is 0 Å². The Kier molecular flexibility index (Phi) is 6.45. The summed E-state index contributed by atoms with van der Waals surface area (Å²) in [7, 11) is 1.39. The van der Waals surface area contributed by atoms with Crippen LogP contribution in [0, 0.1) is 6.92 Å². The molecule has 1 aromatic rings. The van der Waals surface area contributed by atoms with Gasteiger partial charge in [0.25, 0.3) is 9.05 Å². The SMILES string of the molecule is CCCOCCOC(=O)c1cc(C)cc(S(=O)(=O)Cl)c1. The largest absolute Gasteiger partial charge is 0.460 e. The standard InChI is InChI=1S/C13H17ClO5S/c1-3-4-18-5-6-19-13(15)11-7-10(2)8-12(9-11)20(14,16)17/h7-9H,3-6H2,1-2H3. The van der Waals surface area contributed by atoms with Crippen molar-refractivity contribution < 1.29 is 22.7 Å². The summed E-state index contributed by atoms with van der Waals surface area (Å²) >= 11 is 0.